The van der Waals surface area contributed by atoms with Gasteiger partial charge in [-0.25, -0.2) is 0 Å². The number of thiophene rings is 1. The highest BCUT2D eigenvalue weighted by Gasteiger charge is 2.29. The standard InChI is InChI=1S/C22H15F3N4S/c1-13(28-17-5-3-16(4-6-17)22(23,24)25)29-20-11-27-19-7-2-15(9-18(19)20)21-8-14(10-26)12-30-21/h2-9,11-12,27-29H,1H2. The first kappa shape index (κ1) is 19.6. The maximum atomic E-state index is 12.7. The van der Waals surface area contributed by atoms with Crippen molar-refractivity contribution >= 4 is 33.6 Å². The quantitative estimate of drug-likeness (QED) is 0.331. The molecule has 30 heavy (non-hydrogen) atoms. The fourth-order valence-corrected chi connectivity index (χ4v) is 3.87. The molecule has 150 valence electrons. The molecule has 0 saturated heterocycles. The highest BCUT2D eigenvalue weighted by molar-refractivity contribution is 7.13. The van der Waals surface area contributed by atoms with Crippen molar-refractivity contribution in [1.82, 2.24) is 4.98 Å². The zero-order valence-corrected chi connectivity index (χ0v) is 16.3. The van der Waals surface area contributed by atoms with Crippen LogP contribution in [0.15, 0.2) is 72.5 Å². The highest BCUT2D eigenvalue weighted by atomic mass is 32.1. The third-order valence-electron chi connectivity index (χ3n) is 4.49. The van der Waals surface area contributed by atoms with E-state index in [1.165, 1.54) is 23.5 Å². The summed E-state index contributed by atoms with van der Waals surface area (Å²) in [5, 5.41) is 17.9. The van der Waals surface area contributed by atoms with E-state index in [1.54, 1.807) is 6.20 Å². The highest BCUT2D eigenvalue weighted by Crippen LogP contribution is 2.33. The zero-order valence-electron chi connectivity index (χ0n) is 15.5. The lowest BCUT2D eigenvalue weighted by Crippen LogP contribution is -2.09. The van der Waals surface area contributed by atoms with Gasteiger partial charge in [-0.15, -0.1) is 11.3 Å². The van der Waals surface area contributed by atoms with Gasteiger partial charge in [-0.1, -0.05) is 12.6 Å². The first-order chi connectivity index (χ1) is 14.3. The molecule has 8 heteroatoms. The second-order valence-electron chi connectivity index (χ2n) is 6.58. The van der Waals surface area contributed by atoms with Gasteiger partial charge >= 0.3 is 6.18 Å². The summed E-state index contributed by atoms with van der Waals surface area (Å²) in [5.41, 5.74) is 3.08. The number of alkyl halides is 3. The van der Waals surface area contributed by atoms with Gasteiger partial charge < -0.3 is 15.6 Å². The number of aromatic amines is 1. The van der Waals surface area contributed by atoms with Crippen molar-refractivity contribution in [3.63, 3.8) is 0 Å². The van der Waals surface area contributed by atoms with E-state index in [0.717, 1.165) is 39.2 Å². The smallest absolute Gasteiger partial charge is 0.359 e. The van der Waals surface area contributed by atoms with E-state index in [-0.39, 0.29) is 0 Å². The van der Waals surface area contributed by atoms with E-state index < -0.39 is 11.7 Å². The molecule has 0 aliphatic heterocycles. The monoisotopic (exact) mass is 424 g/mol. The Morgan fingerprint density at radius 1 is 1.07 bits per heavy atom. The van der Waals surface area contributed by atoms with E-state index in [4.69, 9.17) is 5.26 Å². The minimum Gasteiger partial charge on any atom is -0.359 e. The number of rotatable bonds is 5. The van der Waals surface area contributed by atoms with Crippen molar-refractivity contribution in [3.05, 3.63) is 83.6 Å². The minimum atomic E-state index is -4.37. The summed E-state index contributed by atoms with van der Waals surface area (Å²) in [7, 11) is 0. The maximum absolute atomic E-state index is 12.7. The van der Waals surface area contributed by atoms with Crippen LogP contribution in [0.1, 0.15) is 11.1 Å². The molecule has 0 amide bonds. The molecule has 2 aromatic carbocycles. The third-order valence-corrected chi connectivity index (χ3v) is 5.47. The number of anilines is 2. The van der Waals surface area contributed by atoms with E-state index in [0.29, 0.717) is 17.1 Å². The molecule has 0 radical (unpaired) electrons. The average Bonchev–Trinajstić information content (AvgIpc) is 3.34. The second-order valence-corrected chi connectivity index (χ2v) is 7.49. The van der Waals surface area contributed by atoms with Crippen LogP contribution in [0.5, 0.6) is 0 Å². The minimum absolute atomic E-state index is 0.420. The molecule has 2 aromatic heterocycles. The van der Waals surface area contributed by atoms with Crippen LogP contribution >= 0.6 is 11.3 Å². The molecule has 2 heterocycles. The van der Waals surface area contributed by atoms with E-state index >= 15 is 0 Å². The predicted molar refractivity (Wildman–Crippen MR) is 114 cm³/mol. The first-order valence-corrected chi connectivity index (χ1v) is 9.72. The van der Waals surface area contributed by atoms with Crippen molar-refractivity contribution in [2.45, 2.75) is 6.18 Å². The van der Waals surface area contributed by atoms with Gasteiger partial charge in [0.15, 0.2) is 0 Å². The SMILES string of the molecule is C=C(Nc1ccc(C(F)(F)F)cc1)Nc1c[nH]c2ccc(-c3cc(C#N)cs3)cc12. The number of hydrogen-bond acceptors (Lipinski definition) is 4. The van der Waals surface area contributed by atoms with Gasteiger partial charge in [-0.3, -0.25) is 0 Å². The summed E-state index contributed by atoms with van der Waals surface area (Å²) in [6, 6.07) is 14.7. The number of hydrogen-bond donors (Lipinski definition) is 3. The molecule has 0 unspecified atom stereocenters. The van der Waals surface area contributed by atoms with Crippen LogP contribution in [0.3, 0.4) is 0 Å². The van der Waals surface area contributed by atoms with Crippen molar-refractivity contribution < 1.29 is 13.2 Å². The molecule has 4 aromatic rings. The number of halogens is 3. The Morgan fingerprint density at radius 3 is 2.50 bits per heavy atom. The molecular formula is C22H15F3N4S. The number of nitrogens with zero attached hydrogens (tertiary/aromatic N) is 1. The lowest BCUT2D eigenvalue weighted by Gasteiger charge is -2.13. The van der Waals surface area contributed by atoms with E-state index in [1.807, 2.05) is 29.6 Å². The average molecular weight is 424 g/mol. The molecule has 4 rings (SSSR count). The van der Waals surface area contributed by atoms with Crippen LogP contribution in [-0.4, -0.2) is 4.98 Å². The van der Waals surface area contributed by atoms with Gasteiger partial charge in [-0.05, 0) is 48.0 Å². The topological polar surface area (TPSA) is 63.6 Å². The molecule has 0 saturated carbocycles. The number of benzene rings is 2. The van der Waals surface area contributed by atoms with Crippen molar-refractivity contribution in [2.24, 2.45) is 0 Å². The Kier molecular flexibility index (Phi) is 4.98. The maximum Gasteiger partial charge on any atom is 0.416 e. The number of aromatic nitrogens is 1. The van der Waals surface area contributed by atoms with E-state index in [9.17, 15) is 13.2 Å². The number of H-pyrrole nitrogens is 1. The van der Waals surface area contributed by atoms with Gasteiger partial charge in [0.1, 0.15) is 11.9 Å². The Morgan fingerprint density at radius 2 is 1.83 bits per heavy atom. The fourth-order valence-electron chi connectivity index (χ4n) is 3.03. The van der Waals surface area contributed by atoms with Crippen molar-refractivity contribution in [3.8, 4) is 16.5 Å². The molecule has 0 aliphatic rings. The van der Waals surface area contributed by atoms with Gasteiger partial charge in [0, 0.05) is 33.0 Å². The summed E-state index contributed by atoms with van der Waals surface area (Å²) in [4.78, 5) is 4.16. The molecule has 0 bridgehead atoms. The molecule has 0 spiro atoms. The predicted octanol–water partition coefficient (Wildman–Crippen LogP) is 6.78. The van der Waals surface area contributed by atoms with Crippen molar-refractivity contribution in [2.75, 3.05) is 10.6 Å². The second kappa shape index (κ2) is 7.61. The lowest BCUT2D eigenvalue weighted by molar-refractivity contribution is -0.137. The number of fused-ring (bicyclic) bond motifs is 1. The summed E-state index contributed by atoms with van der Waals surface area (Å²) >= 11 is 1.50. The van der Waals surface area contributed by atoms with Gasteiger partial charge in [0.05, 0.1) is 16.8 Å². The Hall–Kier alpha value is -3.70. The van der Waals surface area contributed by atoms with Crippen LogP contribution in [0.2, 0.25) is 0 Å². The summed E-state index contributed by atoms with van der Waals surface area (Å²) in [5.74, 6) is 0.420. The van der Waals surface area contributed by atoms with Gasteiger partial charge in [0.25, 0.3) is 0 Å². The van der Waals surface area contributed by atoms with Crippen LogP contribution in [-0.2, 0) is 6.18 Å². The third kappa shape index (κ3) is 4.02. The molecule has 3 N–H and O–H groups in total. The molecule has 0 aliphatic carbocycles. The molecule has 0 fully saturated rings. The van der Waals surface area contributed by atoms with E-state index in [2.05, 4.69) is 28.3 Å². The first-order valence-electron chi connectivity index (χ1n) is 8.84. The Labute approximate surface area is 174 Å². The number of nitriles is 1. The largest absolute Gasteiger partial charge is 0.416 e. The normalized spacial score (nSPS) is 11.3. The van der Waals surface area contributed by atoms with Crippen LogP contribution in [0.4, 0.5) is 24.5 Å². The van der Waals surface area contributed by atoms with Gasteiger partial charge in [-0.2, -0.15) is 18.4 Å². The molecule has 4 nitrogen and oxygen atoms in total. The van der Waals surface area contributed by atoms with Gasteiger partial charge in [0.2, 0.25) is 0 Å². The Balaban J connectivity index is 1.52. The van der Waals surface area contributed by atoms with Crippen LogP contribution in [0.25, 0.3) is 21.3 Å². The summed E-state index contributed by atoms with van der Waals surface area (Å²) in [6.07, 6.45) is -2.57. The Bertz CT molecular complexity index is 1260. The lowest BCUT2D eigenvalue weighted by atomic mass is 10.1. The van der Waals surface area contributed by atoms with Crippen molar-refractivity contribution in [1.29, 1.82) is 5.26 Å². The number of nitrogens with one attached hydrogen (secondary N) is 3. The fraction of sp³-hybridized carbons (Fsp3) is 0.0455. The van der Waals surface area contributed by atoms with Crippen LogP contribution < -0.4 is 10.6 Å². The molecular weight excluding hydrogens is 409 g/mol. The summed E-state index contributed by atoms with van der Waals surface area (Å²) < 4.78 is 38.1. The summed E-state index contributed by atoms with van der Waals surface area (Å²) in [6.45, 7) is 3.91. The van der Waals surface area contributed by atoms with Crippen LogP contribution in [0, 0.1) is 11.3 Å². The molecule has 0 atom stereocenters. The zero-order chi connectivity index (χ0) is 21.3.